The number of fused-ring (bicyclic) bond motifs is 1. The Bertz CT molecular complexity index is 1620. The smallest absolute Gasteiger partial charge is 0.133 e. The minimum Gasteiger partial charge on any atom is -0.491 e. The van der Waals surface area contributed by atoms with E-state index < -0.39 is 10.8 Å². The monoisotopic (exact) mass is 566 g/mol. The van der Waals surface area contributed by atoms with Gasteiger partial charge in [-0.25, -0.2) is 4.21 Å². The van der Waals surface area contributed by atoms with Crippen LogP contribution in [0.15, 0.2) is 125 Å². The molecule has 40 heavy (non-hydrogen) atoms. The number of hydrogen-bond acceptors (Lipinski definition) is 6. The van der Waals surface area contributed by atoms with Gasteiger partial charge < -0.3 is 14.2 Å². The maximum atomic E-state index is 13.7. The topological polar surface area (TPSA) is 71.4 Å². The normalized spacial score (nSPS) is 11.7. The van der Waals surface area contributed by atoms with Crippen molar-refractivity contribution < 1.29 is 13.1 Å². The zero-order chi connectivity index (χ0) is 27.7. The van der Waals surface area contributed by atoms with Gasteiger partial charge in [0.1, 0.15) is 28.2 Å². The van der Waals surface area contributed by atoms with E-state index in [1.807, 2.05) is 109 Å². The second-order valence-corrected chi connectivity index (χ2v) is 11.4. The van der Waals surface area contributed by atoms with E-state index in [1.165, 1.54) is 17.6 Å². The number of nitrogens with one attached hydrogen (secondary N) is 2. The first-order valence-corrected chi connectivity index (χ1v) is 14.9. The molecule has 1 atom stereocenters. The van der Waals surface area contributed by atoms with Crippen molar-refractivity contribution in [2.24, 2.45) is 0 Å². The molecule has 0 saturated heterocycles. The molecule has 0 radical (unpaired) electrons. The zero-order valence-electron chi connectivity index (χ0n) is 22.1. The highest BCUT2D eigenvalue weighted by atomic mass is 32.2. The van der Waals surface area contributed by atoms with Crippen molar-refractivity contribution >= 4 is 44.3 Å². The maximum absolute atomic E-state index is 13.7. The molecule has 202 valence electrons. The summed E-state index contributed by atoms with van der Waals surface area (Å²) in [6.07, 6.45) is 0. The fourth-order valence-corrected chi connectivity index (χ4v) is 5.92. The quantitative estimate of drug-likeness (QED) is 0.0734. The molecule has 0 fully saturated rings. The van der Waals surface area contributed by atoms with Gasteiger partial charge in [0, 0.05) is 34.7 Å². The molecule has 0 saturated carbocycles. The minimum atomic E-state index is -1.69. The van der Waals surface area contributed by atoms with Gasteiger partial charge in [0.2, 0.25) is 0 Å². The van der Waals surface area contributed by atoms with Gasteiger partial charge in [-0.2, -0.15) is 0 Å². The molecule has 0 bridgehead atoms. The molecule has 0 aliphatic rings. The molecule has 7 heteroatoms. The number of hydrogen-bond donors (Lipinski definition) is 2. The van der Waals surface area contributed by atoms with Crippen molar-refractivity contribution in [1.29, 1.82) is 5.41 Å². The fourth-order valence-electron chi connectivity index (χ4n) is 4.21. The van der Waals surface area contributed by atoms with Crippen LogP contribution in [-0.4, -0.2) is 22.5 Å². The van der Waals surface area contributed by atoms with E-state index in [0.717, 1.165) is 26.9 Å². The van der Waals surface area contributed by atoms with E-state index in [-0.39, 0.29) is 5.04 Å². The van der Waals surface area contributed by atoms with Gasteiger partial charge in [-0.3, -0.25) is 5.41 Å². The molecule has 0 aliphatic carbocycles. The Labute approximate surface area is 241 Å². The summed E-state index contributed by atoms with van der Waals surface area (Å²) in [5.74, 6) is 0.587. The third kappa shape index (κ3) is 6.99. The Kier molecular flexibility index (Phi) is 9.29. The summed E-state index contributed by atoms with van der Waals surface area (Å²) in [5, 5.41) is 14.3. The Morgan fingerprint density at radius 1 is 0.850 bits per heavy atom. The van der Waals surface area contributed by atoms with Gasteiger partial charge in [-0.15, -0.1) is 0 Å². The molecule has 0 spiro atoms. The van der Waals surface area contributed by atoms with Crippen LogP contribution >= 0.6 is 12.0 Å². The van der Waals surface area contributed by atoms with Crippen molar-refractivity contribution in [3.63, 3.8) is 0 Å². The third-order valence-electron chi connectivity index (χ3n) is 6.31. The Balaban J connectivity index is 1.32. The number of anilines is 1. The van der Waals surface area contributed by atoms with Gasteiger partial charge in [-0.05, 0) is 59.7 Å². The zero-order valence-corrected chi connectivity index (χ0v) is 23.8. The molecule has 5 aromatic rings. The summed E-state index contributed by atoms with van der Waals surface area (Å²) in [7, 11) is -1.69. The van der Waals surface area contributed by atoms with Crippen molar-refractivity contribution in [3.8, 4) is 5.75 Å². The SMILES string of the molecule is Cc1ccc(SOCCOc2ccc(NCc3ccccc3)c(C(=N)S(=O)c3cccc4ccccc34)c2)cc1. The third-order valence-corrected chi connectivity index (χ3v) is 8.40. The van der Waals surface area contributed by atoms with Gasteiger partial charge in [0.05, 0.1) is 11.5 Å². The highest BCUT2D eigenvalue weighted by molar-refractivity contribution is 8.01. The lowest BCUT2D eigenvalue weighted by Crippen LogP contribution is -2.13. The van der Waals surface area contributed by atoms with E-state index in [0.29, 0.717) is 36.0 Å². The highest BCUT2D eigenvalue weighted by Gasteiger charge is 2.19. The molecule has 5 rings (SSSR count). The highest BCUT2D eigenvalue weighted by Crippen LogP contribution is 2.29. The van der Waals surface area contributed by atoms with Crippen LogP contribution in [0.4, 0.5) is 5.69 Å². The maximum Gasteiger partial charge on any atom is 0.133 e. The molecular weight excluding hydrogens is 537 g/mol. The van der Waals surface area contributed by atoms with Gasteiger partial charge in [0.15, 0.2) is 0 Å². The van der Waals surface area contributed by atoms with Crippen LogP contribution in [-0.2, 0) is 21.5 Å². The Morgan fingerprint density at radius 3 is 2.42 bits per heavy atom. The largest absolute Gasteiger partial charge is 0.491 e. The van der Waals surface area contributed by atoms with Crippen LogP contribution in [0.1, 0.15) is 16.7 Å². The minimum absolute atomic E-state index is 0.0172. The van der Waals surface area contributed by atoms with E-state index in [2.05, 4.69) is 12.2 Å². The van der Waals surface area contributed by atoms with Crippen molar-refractivity contribution in [1.82, 2.24) is 0 Å². The summed E-state index contributed by atoms with van der Waals surface area (Å²) < 4.78 is 25.4. The molecule has 0 aromatic heterocycles. The van der Waals surface area contributed by atoms with Crippen LogP contribution in [0.25, 0.3) is 10.8 Å². The van der Waals surface area contributed by atoms with E-state index in [4.69, 9.17) is 14.3 Å². The summed E-state index contributed by atoms with van der Waals surface area (Å²) in [6.45, 7) is 3.36. The second-order valence-electron chi connectivity index (χ2n) is 9.19. The lowest BCUT2D eigenvalue weighted by Gasteiger charge is -2.16. The first kappa shape index (κ1) is 27.6. The van der Waals surface area contributed by atoms with Gasteiger partial charge >= 0.3 is 0 Å². The number of ether oxygens (including phenoxy) is 1. The van der Waals surface area contributed by atoms with Crippen molar-refractivity contribution in [3.05, 3.63) is 132 Å². The Morgan fingerprint density at radius 2 is 1.60 bits per heavy atom. The predicted molar refractivity (Wildman–Crippen MR) is 166 cm³/mol. The fraction of sp³-hybridized carbons (Fsp3) is 0.121. The summed E-state index contributed by atoms with van der Waals surface area (Å²) in [5.41, 5.74) is 3.58. The number of benzene rings is 5. The average molecular weight is 567 g/mol. The van der Waals surface area contributed by atoms with Gasteiger partial charge in [0.25, 0.3) is 0 Å². The molecule has 0 aliphatic heterocycles. The predicted octanol–water partition coefficient (Wildman–Crippen LogP) is 8.00. The molecule has 5 nitrogen and oxygen atoms in total. The average Bonchev–Trinajstić information content (AvgIpc) is 3.00. The molecule has 0 amide bonds. The second kappa shape index (κ2) is 13.4. The number of aryl methyl sites for hydroxylation is 1. The van der Waals surface area contributed by atoms with E-state index in [9.17, 15) is 4.21 Å². The lowest BCUT2D eigenvalue weighted by atomic mass is 10.1. The van der Waals surface area contributed by atoms with E-state index >= 15 is 0 Å². The first-order chi connectivity index (χ1) is 19.6. The molecule has 2 N–H and O–H groups in total. The van der Waals surface area contributed by atoms with Gasteiger partial charge in [-0.1, -0.05) is 84.4 Å². The molecule has 0 heterocycles. The van der Waals surface area contributed by atoms with Crippen LogP contribution < -0.4 is 10.1 Å². The summed E-state index contributed by atoms with van der Waals surface area (Å²) in [6, 6.07) is 37.2. The van der Waals surface area contributed by atoms with Crippen LogP contribution in [0.2, 0.25) is 0 Å². The summed E-state index contributed by atoms with van der Waals surface area (Å²) in [4.78, 5) is 1.65. The Hall–Kier alpha value is -3.91. The standard InChI is InChI=1S/C33H30N2O3S2/c1-24-14-17-28(18-15-24)39-38-21-20-37-27-16-19-31(35-23-25-8-3-2-4-9-25)30(22-27)33(34)40(36)32-13-7-11-26-10-5-6-12-29(26)32/h2-19,22,34-35H,20-21,23H2,1H3. The first-order valence-electron chi connectivity index (χ1n) is 13.0. The summed E-state index contributed by atoms with van der Waals surface area (Å²) >= 11 is 1.32. The molecule has 5 aromatic carbocycles. The molecular formula is C33H30N2O3S2. The van der Waals surface area contributed by atoms with Crippen LogP contribution in [0.3, 0.4) is 0 Å². The van der Waals surface area contributed by atoms with Crippen molar-refractivity contribution in [2.75, 3.05) is 18.5 Å². The van der Waals surface area contributed by atoms with Crippen molar-refractivity contribution in [2.45, 2.75) is 23.3 Å². The lowest BCUT2D eigenvalue weighted by molar-refractivity contribution is 0.239. The molecule has 1 unspecified atom stereocenters. The van der Waals surface area contributed by atoms with Crippen LogP contribution in [0, 0.1) is 12.3 Å². The van der Waals surface area contributed by atoms with Crippen LogP contribution in [0.5, 0.6) is 5.75 Å². The number of rotatable bonds is 11. The van der Waals surface area contributed by atoms with E-state index in [1.54, 1.807) is 6.07 Å².